The molecule has 0 saturated carbocycles. The highest BCUT2D eigenvalue weighted by Gasteiger charge is 2.41. The Morgan fingerprint density at radius 2 is 2.28 bits per heavy atom. The van der Waals surface area contributed by atoms with Crippen LogP contribution >= 0.6 is 11.6 Å². The lowest BCUT2D eigenvalue weighted by molar-refractivity contribution is 0.210. The second kappa shape index (κ2) is 8.33. The van der Waals surface area contributed by atoms with Crippen molar-refractivity contribution in [3.05, 3.63) is 70.0 Å². The van der Waals surface area contributed by atoms with Gasteiger partial charge in [-0.05, 0) is 68.5 Å². The summed E-state index contributed by atoms with van der Waals surface area (Å²) in [5.41, 5.74) is 7.02. The van der Waals surface area contributed by atoms with Gasteiger partial charge in [0.1, 0.15) is 0 Å². The predicted molar refractivity (Wildman–Crippen MR) is 118 cm³/mol. The van der Waals surface area contributed by atoms with Gasteiger partial charge in [-0.1, -0.05) is 35.9 Å². The summed E-state index contributed by atoms with van der Waals surface area (Å²) >= 11 is 6.47. The minimum atomic E-state index is -0.709. The van der Waals surface area contributed by atoms with E-state index < -0.39 is 5.41 Å². The summed E-state index contributed by atoms with van der Waals surface area (Å²) in [6.07, 6.45) is 5.19. The molecule has 2 atom stereocenters. The monoisotopic (exact) mass is 407 g/mol. The van der Waals surface area contributed by atoms with Crippen molar-refractivity contribution < 1.29 is 4.79 Å². The largest absolute Gasteiger partial charge is 0.322 e. The molecule has 4 nitrogen and oxygen atoms in total. The van der Waals surface area contributed by atoms with Crippen LogP contribution in [0.4, 0.5) is 10.5 Å². The van der Waals surface area contributed by atoms with Gasteiger partial charge in [-0.2, -0.15) is 5.26 Å². The molecule has 150 valence electrons. The van der Waals surface area contributed by atoms with E-state index in [1.165, 1.54) is 0 Å². The molecule has 2 aliphatic rings. The normalized spacial score (nSPS) is 21.1. The van der Waals surface area contributed by atoms with Crippen molar-refractivity contribution in [2.24, 2.45) is 5.92 Å². The van der Waals surface area contributed by atoms with Gasteiger partial charge in [0.15, 0.2) is 0 Å². The molecule has 0 saturated heterocycles. The quantitative estimate of drug-likeness (QED) is 0.478. The number of halogens is 1. The number of allylic oxidation sites excluding steroid dienone is 5. The van der Waals surface area contributed by atoms with Gasteiger partial charge in [0.2, 0.25) is 0 Å². The molecule has 0 bridgehead atoms. The number of fused-ring (bicyclic) bond motifs is 1. The molecule has 1 aromatic rings. The van der Waals surface area contributed by atoms with Crippen LogP contribution in [-0.4, -0.2) is 17.5 Å². The molecule has 1 aromatic carbocycles. The van der Waals surface area contributed by atoms with Gasteiger partial charge in [0.05, 0.1) is 11.5 Å². The number of carbonyl (C=O) groups is 1. The van der Waals surface area contributed by atoms with Crippen LogP contribution in [0.3, 0.4) is 0 Å². The van der Waals surface area contributed by atoms with Gasteiger partial charge in [-0.3, -0.25) is 0 Å². The summed E-state index contributed by atoms with van der Waals surface area (Å²) in [5.74, 6) is 0.0573. The van der Waals surface area contributed by atoms with Gasteiger partial charge in [-0.25, -0.2) is 4.79 Å². The molecule has 1 heterocycles. The number of nitriles is 1. The Bertz CT molecular complexity index is 994. The molecule has 0 aromatic heterocycles. The lowest BCUT2D eigenvalue weighted by atomic mass is 9.70. The van der Waals surface area contributed by atoms with E-state index in [9.17, 15) is 10.1 Å². The maximum Gasteiger partial charge on any atom is 0.322 e. The molecule has 5 heteroatoms. The Balaban J connectivity index is 1.98. The van der Waals surface area contributed by atoms with Crippen LogP contribution in [0.25, 0.3) is 0 Å². The summed E-state index contributed by atoms with van der Waals surface area (Å²) < 4.78 is 0. The first-order valence-electron chi connectivity index (χ1n) is 9.87. The third kappa shape index (κ3) is 3.77. The molecule has 2 unspecified atom stereocenters. The fourth-order valence-electron chi connectivity index (χ4n) is 4.40. The molecule has 2 amide bonds. The third-order valence-electron chi connectivity index (χ3n) is 6.23. The number of hydrogen-bond donors (Lipinski definition) is 1. The van der Waals surface area contributed by atoms with Crippen LogP contribution in [0, 0.1) is 17.2 Å². The highest BCUT2D eigenvalue weighted by molar-refractivity contribution is 6.32. The third-order valence-corrected chi connectivity index (χ3v) is 6.58. The highest BCUT2D eigenvalue weighted by atomic mass is 35.5. The molecule has 3 rings (SSSR count). The topological polar surface area (TPSA) is 56.1 Å². The molecule has 1 aliphatic heterocycles. The average Bonchev–Trinajstić information content (AvgIpc) is 3.12. The number of urea groups is 1. The molecular formula is C24H26ClN3O. The van der Waals surface area contributed by atoms with Crippen molar-refractivity contribution in [1.29, 1.82) is 5.26 Å². The van der Waals surface area contributed by atoms with Gasteiger partial charge >= 0.3 is 6.03 Å². The standard InChI is InChI=1S/C24H26ClN3O/c1-5-7-8-21(25)19-11-12-20(16(19)3)24(4,15-26)18-10-9-17-14-28(6-2)23(29)27-22(17)13-18/h7-10,13,20H,1,6,11-12,14H2,2-4H3,(H,27,29)/b21-8+. The van der Waals surface area contributed by atoms with Crippen molar-refractivity contribution >= 4 is 23.3 Å². The molecule has 0 fully saturated rings. The fourth-order valence-corrected chi connectivity index (χ4v) is 4.71. The van der Waals surface area contributed by atoms with E-state index in [0.717, 1.165) is 40.8 Å². The molecule has 1 aliphatic carbocycles. The second-order valence-electron chi connectivity index (χ2n) is 7.77. The average molecular weight is 408 g/mol. The number of nitrogens with zero attached hydrogens (tertiary/aromatic N) is 2. The number of hydrogen-bond acceptors (Lipinski definition) is 2. The first kappa shape index (κ1) is 21.0. The SMILES string of the molecule is C=C=C/C=C(/Cl)C1=C(C)C(C(C)(C#N)c2ccc3c(c2)NC(=O)N(CC)C3)CC1. The van der Waals surface area contributed by atoms with Crippen molar-refractivity contribution in [2.45, 2.75) is 45.6 Å². The Kier molecular flexibility index (Phi) is 6.03. The van der Waals surface area contributed by atoms with Crippen LogP contribution in [-0.2, 0) is 12.0 Å². The lowest BCUT2D eigenvalue weighted by Gasteiger charge is -2.33. The Hall–Kier alpha value is -2.73. The minimum absolute atomic E-state index is 0.0573. The van der Waals surface area contributed by atoms with Crippen LogP contribution in [0.1, 0.15) is 44.7 Å². The van der Waals surface area contributed by atoms with Gasteiger partial charge in [-0.15, -0.1) is 5.73 Å². The molecule has 29 heavy (non-hydrogen) atoms. The summed E-state index contributed by atoms with van der Waals surface area (Å²) in [6, 6.07) is 8.48. The molecule has 0 spiro atoms. The highest BCUT2D eigenvalue weighted by Crippen LogP contribution is 2.47. The van der Waals surface area contributed by atoms with Crippen molar-refractivity contribution in [3.63, 3.8) is 0 Å². The zero-order valence-electron chi connectivity index (χ0n) is 17.2. The zero-order chi connectivity index (χ0) is 21.2. The minimum Gasteiger partial charge on any atom is -0.320 e. The van der Waals surface area contributed by atoms with Crippen molar-refractivity contribution in [2.75, 3.05) is 11.9 Å². The van der Waals surface area contributed by atoms with E-state index >= 15 is 0 Å². The first-order chi connectivity index (χ1) is 13.8. The fraction of sp³-hybridized carbons (Fsp3) is 0.375. The number of anilines is 1. The van der Waals surface area contributed by atoms with Gasteiger partial charge in [0.25, 0.3) is 0 Å². The van der Waals surface area contributed by atoms with Crippen molar-refractivity contribution in [1.82, 2.24) is 4.90 Å². The molecule has 0 radical (unpaired) electrons. The van der Waals surface area contributed by atoms with Crippen LogP contribution in [0.15, 0.2) is 58.8 Å². The lowest BCUT2D eigenvalue weighted by Crippen LogP contribution is -2.38. The van der Waals surface area contributed by atoms with Crippen LogP contribution in [0.2, 0.25) is 0 Å². The Labute approximate surface area is 177 Å². The first-order valence-corrected chi connectivity index (χ1v) is 10.3. The maximum absolute atomic E-state index is 12.2. The zero-order valence-corrected chi connectivity index (χ0v) is 17.9. The van der Waals surface area contributed by atoms with E-state index in [-0.39, 0.29) is 11.9 Å². The summed E-state index contributed by atoms with van der Waals surface area (Å²) in [4.78, 5) is 14.0. The Morgan fingerprint density at radius 1 is 1.52 bits per heavy atom. The molecular weight excluding hydrogens is 382 g/mol. The van der Waals surface area contributed by atoms with E-state index in [1.54, 1.807) is 17.1 Å². The summed E-state index contributed by atoms with van der Waals surface area (Å²) in [7, 11) is 0. The van der Waals surface area contributed by atoms with Crippen LogP contribution in [0.5, 0.6) is 0 Å². The predicted octanol–water partition coefficient (Wildman–Crippen LogP) is 6.03. The Morgan fingerprint density at radius 3 is 2.93 bits per heavy atom. The van der Waals surface area contributed by atoms with Gasteiger partial charge in [0, 0.05) is 29.7 Å². The smallest absolute Gasteiger partial charge is 0.320 e. The number of carbonyl (C=O) groups excluding carboxylic acids is 1. The summed E-state index contributed by atoms with van der Waals surface area (Å²) in [6.45, 7) is 10.8. The number of benzene rings is 1. The number of amides is 2. The van der Waals surface area contributed by atoms with E-state index in [1.807, 2.05) is 32.0 Å². The van der Waals surface area contributed by atoms with E-state index in [2.05, 4.69) is 30.6 Å². The number of rotatable bonds is 5. The van der Waals surface area contributed by atoms with Crippen molar-refractivity contribution in [3.8, 4) is 6.07 Å². The summed E-state index contributed by atoms with van der Waals surface area (Å²) in [5, 5.41) is 13.8. The second-order valence-corrected chi connectivity index (χ2v) is 8.18. The van der Waals surface area contributed by atoms with E-state index in [4.69, 9.17) is 11.6 Å². The van der Waals surface area contributed by atoms with E-state index in [0.29, 0.717) is 18.1 Å². The molecule has 1 N–H and O–H groups in total. The number of nitrogens with one attached hydrogen (secondary N) is 1. The van der Waals surface area contributed by atoms with Gasteiger partial charge < -0.3 is 10.2 Å². The van der Waals surface area contributed by atoms with Crippen LogP contribution < -0.4 is 5.32 Å². The maximum atomic E-state index is 12.2.